The predicted molar refractivity (Wildman–Crippen MR) is 74.6 cm³/mol. The largest absolute Gasteiger partial charge is 0.321 e. The van der Waals surface area contributed by atoms with Crippen LogP contribution in [0, 0.1) is 5.41 Å². The summed E-state index contributed by atoms with van der Waals surface area (Å²) in [5.41, 5.74) is 9.06. The molecule has 0 aromatic heterocycles. The molecule has 0 bridgehead atoms. The average Bonchev–Trinajstić information content (AvgIpc) is 2.28. The number of allylic oxidation sites excluding steroid dienone is 7. The van der Waals surface area contributed by atoms with Gasteiger partial charge in [0.05, 0.1) is 0 Å². The molecule has 1 unspecified atom stereocenters. The Balaban J connectivity index is 2.47. The van der Waals surface area contributed by atoms with Crippen molar-refractivity contribution in [3.63, 3.8) is 0 Å². The lowest BCUT2D eigenvalue weighted by Crippen LogP contribution is -2.26. The minimum absolute atomic E-state index is 0.00627. The summed E-state index contributed by atoms with van der Waals surface area (Å²) in [4.78, 5) is 0. The zero-order chi connectivity index (χ0) is 12.3. The zero-order valence-corrected chi connectivity index (χ0v) is 10.7. The van der Waals surface area contributed by atoms with Crippen molar-refractivity contribution in [1.82, 2.24) is 0 Å². The molecule has 1 nitrogen and oxygen atoms in total. The Morgan fingerprint density at radius 3 is 2.76 bits per heavy atom. The molecule has 0 saturated carbocycles. The minimum atomic E-state index is -0.00627. The maximum atomic E-state index is 6.24. The van der Waals surface area contributed by atoms with Gasteiger partial charge in [-0.2, -0.15) is 0 Å². The van der Waals surface area contributed by atoms with E-state index in [4.69, 9.17) is 5.73 Å². The second kappa shape index (κ2) is 4.89. The Hall–Kier alpha value is -1.34. The standard InChI is InChI=1S/C16H21N/c1-16(2)12-8-9-13-14(16)10-6-4-3-5-7-11-15(13)17/h3,5-11,15H,4,12,17H2,1-2H3/b5-3-,10-6-,11-7-. The quantitative estimate of drug-likeness (QED) is 0.671. The van der Waals surface area contributed by atoms with Crippen molar-refractivity contribution in [2.24, 2.45) is 11.1 Å². The highest BCUT2D eigenvalue weighted by atomic mass is 14.6. The average molecular weight is 227 g/mol. The fraction of sp³-hybridized carbons (Fsp3) is 0.375. The number of hydrogen-bond donors (Lipinski definition) is 1. The molecule has 0 aliphatic heterocycles. The van der Waals surface area contributed by atoms with Crippen molar-refractivity contribution in [1.29, 1.82) is 0 Å². The van der Waals surface area contributed by atoms with Gasteiger partial charge in [-0.1, -0.05) is 62.5 Å². The van der Waals surface area contributed by atoms with Crippen molar-refractivity contribution in [2.45, 2.75) is 32.7 Å². The van der Waals surface area contributed by atoms with E-state index in [1.165, 1.54) is 11.1 Å². The molecular formula is C16H21N. The lowest BCUT2D eigenvalue weighted by Gasteiger charge is -2.32. The summed E-state index contributed by atoms with van der Waals surface area (Å²) < 4.78 is 0. The van der Waals surface area contributed by atoms with Crippen LogP contribution in [0.4, 0.5) is 0 Å². The van der Waals surface area contributed by atoms with Gasteiger partial charge in [0.25, 0.3) is 0 Å². The summed E-state index contributed by atoms with van der Waals surface area (Å²) in [5, 5.41) is 0. The van der Waals surface area contributed by atoms with Gasteiger partial charge in [0.15, 0.2) is 0 Å². The van der Waals surface area contributed by atoms with Crippen LogP contribution in [0.5, 0.6) is 0 Å². The first-order valence-electron chi connectivity index (χ1n) is 6.28. The van der Waals surface area contributed by atoms with Gasteiger partial charge in [-0.3, -0.25) is 0 Å². The highest BCUT2D eigenvalue weighted by Crippen LogP contribution is 2.38. The summed E-state index contributed by atoms with van der Waals surface area (Å²) in [7, 11) is 0. The Kier molecular flexibility index (Phi) is 3.49. The summed E-state index contributed by atoms with van der Waals surface area (Å²) in [6.07, 6.45) is 19.3. The van der Waals surface area contributed by atoms with Crippen molar-refractivity contribution in [2.75, 3.05) is 0 Å². The minimum Gasteiger partial charge on any atom is -0.321 e. The molecule has 0 aromatic carbocycles. The molecule has 2 N–H and O–H groups in total. The Morgan fingerprint density at radius 1 is 1.12 bits per heavy atom. The molecule has 0 amide bonds. The first kappa shape index (κ1) is 12.1. The molecular weight excluding hydrogens is 206 g/mol. The molecule has 0 aromatic rings. The molecule has 0 heterocycles. The third-order valence-corrected chi connectivity index (χ3v) is 3.45. The smallest absolute Gasteiger partial charge is 0.0487 e. The van der Waals surface area contributed by atoms with E-state index in [1.807, 2.05) is 6.08 Å². The Bertz CT molecular complexity index is 430. The molecule has 90 valence electrons. The van der Waals surface area contributed by atoms with E-state index in [-0.39, 0.29) is 11.5 Å². The van der Waals surface area contributed by atoms with Crippen molar-refractivity contribution in [3.05, 3.63) is 59.8 Å². The fourth-order valence-corrected chi connectivity index (χ4v) is 2.39. The molecule has 1 atom stereocenters. The number of hydrogen-bond acceptors (Lipinski definition) is 1. The highest BCUT2D eigenvalue weighted by molar-refractivity contribution is 5.45. The monoisotopic (exact) mass is 227 g/mol. The lowest BCUT2D eigenvalue weighted by molar-refractivity contribution is 0.453. The lowest BCUT2D eigenvalue weighted by atomic mass is 9.74. The number of nitrogens with two attached hydrogens (primary N) is 1. The van der Waals surface area contributed by atoms with Gasteiger partial charge in [-0.25, -0.2) is 0 Å². The van der Waals surface area contributed by atoms with Crippen LogP contribution in [0.15, 0.2) is 59.8 Å². The van der Waals surface area contributed by atoms with Gasteiger partial charge in [0.2, 0.25) is 0 Å². The Labute approximate surface area is 104 Å². The van der Waals surface area contributed by atoms with Gasteiger partial charge >= 0.3 is 0 Å². The van der Waals surface area contributed by atoms with E-state index in [2.05, 4.69) is 56.4 Å². The third kappa shape index (κ3) is 2.67. The molecule has 1 heteroatoms. The number of rotatable bonds is 0. The van der Waals surface area contributed by atoms with E-state index in [1.54, 1.807) is 0 Å². The van der Waals surface area contributed by atoms with E-state index in [9.17, 15) is 0 Å². The van der Waals surface area contributed by atoms with E-state index < -0.39 is 0 Å². The zero-order valence-electron chi connectivity index (χ0n) is 10.7. The van der Waals surface area contributed by atoms with E-state index in [0.717, 1.165) is 12.8 Å². The maximum absolute atomic E-state index is 6.24. The molecule has 2 aliphatic carbocycles. The summed E-state index contributed by atoms with van der Waals surface area (Å²) >= 11 is 0. The van der Waals surface area contributed by atoms with Crippen LogP contribution < -0.4 is 5.73 Å². The van der Waals surface area contributed by atoms with Crippen molar-refractivity contribution in [3.8, 4) is 0 Å². The second-order valence-electron chi connectivity index (χ2n) is 5.34. The first-order valence-corrected chi connectivity index (χ1v) is 6.28. The van der Waals surface area contributed by atoms with Crippen LogP contribution in [-0.2, 0) is 0 Å². The topological polar surface area (TPSA) is 26.0 Å². The van der Waals surface area contributed by atoms with Crippen LogP contribution in [0.1, 0.15) is 26.7 Å². The van der Waals surface area contributed by atoms with E-state index in [0.29, 0.717) is 0 Å². The van der Waals surface area contributed by atoms with Crippen molar-refractivity contribution < 1.29 is 0 Å². The molecule has 0 saturated heterocycles. The molecule has 2 aliphatic rings. The highest BCUT2D eigenvalue weighted by Gasteiger charge is 2.27. The summed E-state index contributed by atoms with van der Waals surface area (Å²) in [5.74, 6) is 0. The molecule has 0 fully saturated rings. The fourth-order valence-electron chi connectivity index (χ4n) is 2.39. The molecule has 0 spiro atoms. The van der Waals surface area contributed by atoms with Gasteiger partial charge in [-0.05, 0) is 29.4 Å². The van der Waals surface area contributed by atoms with E-state index >= 15 is 0 Å². The summed E-state index contributed by atoms with van der Waals surface area (Å²) in [6, 6.07) is -0.00627. The SMILES string of the molecule is CC1(C)CC=CC2=C1/C=C\C/C=C\C=C/C2N. The van der Waals surface area contributed by atoms with Gasteiger partial charge in [0, 0.05) is 6.04 Å². The molecule has 0 radical (unpaired) electrons. The van der Waals surface area contributed by atoms with Crippen LogP contribution >= 0.6 is 0 Å². The van der Waals surface area contributed by atoms with Crippen LogP contribution in [0.3, 0.4) is 0 Å². The van der Waals surface area contributed by atoms with Gasteiger partial charge < -0.3 is 5.73 Å². The predicted octanol–water partition coefficient (Wildman–Crippen LogP) is 3.67. The van der Waals surface area contributed by atoms with Gasteiger partial charge in [0.1, 0.15) is 0 Å². The third-order valence-electron chi connectivity index (χ3n) is 3.45. The molecule has 17 heavy (non-hydrogen) atoms. The summed E-state index contributed by atoms with van der Waals surface area (Å²) in [6.45, 7) is 4.57. The van der Waals surface area contributed by atoms with Crippen LogP contribution in [0.25, 0.3) is 0 Å². The van der Waals surface area contributed by atoms with Crippen LogP contribution in [-0.4, -0.2) is 6.04 Å². The Morgan fingerprint density at radius 2 is 1.94 bits per heavy atom. The van der Waals surface area contributed by atoms with Gasteiger partial charge in [-0.15, -0.1) is 0 Å². The maximum Gasteiger partial charge on any atom is 0.0487 e. The van der Waals surface area contributed by atoms with Crippen molar-refractivity contribution >= 4 is 0 Å². The first-order chi connectivity index (χ1) is 8.11. The normalized spacial score (nSPS) is 32.8. The second-order valence-corrected chi connectivity index (χ2v) is 5.34. The van der Waals surface area contributed by atoms with Crippen LogP contribution in [0.2, 0.25) is 0 Å². The molecule has 2 rings (SSSR count).